The van der Waals surface area contributed by atoms with Crippen molar-refractivity contribution in [3.05, 3.63) is 27.7 Å². The molecule has 5 heteroatoms. The van der Waals surface area contributed by atoms with Crippen LogP contribution in [0.3, 0.4) is 0 Å². The normalized spacial score (nSPS) is 12.2. The standard InChI is InChI=1S/C13H20N2O2S/c1-6-17-13(16)8(2)7-14-9(3)12-10(4)15-11(5)18-12/h9,14H,2,6-7H2,1,3-5H3. The summed E-state index contributed by atoms with van der Waals surface area (Å²) < 4.78 is 4.88. The summed E-state index contributed by atoms with van der Waals surface area (Å²) in [4.78, 5) is 17.0. The number of esters is 1. The second kappa shape index (κ2) is 6.66. The topological polar surface area (TPSA) is 51.2 Å². The van der Waals surface area contributed by atoms with Crippen molar-refractivity contribution < 1.29 is 9.53 Å². The first-order valence-electron chi connectivity index (χ1n) is 5.97. The van der Waals surface area contributed by atoms with Crippen LogP contribution in [0.5, 0.6) is 0 Å². The smallest absolute Gasteiger partial charge is 0.334 e. The monoisotopic (exact) mass is 268 g/mol. The predicted octanol–water partition coefficient (Wildman–Crippen LogP) is 2.53. The Bertz CT molecular complexity index is 440. The lowest BCUT2D eigenvalue weighted by atomic mass is 10.2. The lowest BCUT2D eigenvalue weighted by Crippen LogP contribution is -2.24. The summed E-state index contributed by atoms with van der Waals surface area (Å²) in [6.07, 6.45) is 0. The number of carbonyl (C=O) groups excluding carboxylic acids is 1. The van der Waals surface area contributed by atoms with Crippen LogP contribution in [-0.2, 0) is 9.53 Å². The van der Waals surface area contributed by atoms with Gasteiger partial charge in [0.1, 0.15) is 0 Å². The molecule has 0 bridgehead atoms. The van der Waals surface area contributed by atoms with E-state index >= 15 is 0 Å². The van der Waals surface area contributed by atoms with Crippen LogP contribution in [0.4, 0.5) is 0 Å². The van der Waals surface area contributed by atoms with Crippen LogP contribution in [0.1, 0.15) is 35.5 Å². The van der Waals surface area contributed by atoms with E-state index in [1.54, 1.807) is 18.3 Å². The average molecular weight is 268 g/mol. The molecular formula is C13H20N2O2S. The van der Waals surface area contributed by atoms with E-state index in [4.69, 9.17) is 4.74 Å². The molecule has 100 valence electrons. The highest BCUT2D eigenvalue weighted by Crippen LogP contribution is 2.24. The summed E-state index contributed by atoms with van der Waals surface area (Å²) in [7, 11) is 0. The Kier molecular flexibility index (Phi) is 5.50. The predicted molar refractivity (Wildman–Crippen MR) is 73.8 cm³/mol. The molecule has 18 heavy (non-hydrogen) atoms. The van der Waals surface area contributed by atoms with Gasteiger partial charge >= 0.3 is 5.97 Å². The molecule has 1 heterocycles. The zero-order valence-corrected chi connectivity index (χ0v) is 12.2. The van der Waals surface area contributed by atoms with Crippen molar-refractivity contribution in [2.45, 2.75) is 33.7 Å². The number of aryl methyl sites for hydroxylation is 2. The fourth-order valence-corrected chi connectivity index (χ4v) is 2.58. The molecule has 1 aromatic rings. The molecule has 1 N–H and O–H groups in total. The first-order chi connectivity index (χ1) is 8.45. The van der Waals surface area contributed by atoms with Crippen molar-refractivity contribution in [2.75, 3.05) is 13.2 Å². The molecule has 0 saturated carbocycles. The maximum Gasteiger partial charge on any atom is 0.334 e. The first-order valence-corrected chi connectivity index (χ1v) is 6.79. The zero-order chi connectivity index (χ0) is 13.7. The third-order valence-corrected chi connectivity index (χ3v) is 3.77. The molecule has 4 nitrogen and oxygen atoms in total. The lowest BCUT2D eigenvalue weighted by molar-refractivity contribution is -0.138. The van der Waals surface area contributed by atoms with Crippen LogP contribution in [0, 0.1) is 13.8 Å². The molecule has 0 aliphatic heterocycles. The number of carbonyl (C=O) groups is 1. The van der Waals surface area contributed by atoms with E-state index in [9.17, 15) is 4.79 Å². The Morgan fingerprint density at radius 2 is 2.22 bits per heavy atom. The number of rotatable bonds is 6. The molecule has 0 aliphatic rings. The zero-order valence-electron chi connectivity index (χ0n) is 11.4. The van der Waals surface area contributed by atoms with E-state index in [-0.39, 0.29) is 12.0 Å². The highest BCUT2D eigenvalue weighted by Gasteiger charge is 2.14. The SMILES string of the molecule is C=C(CNC(C)c1sc(C)nc1C)C(=O)OCC. The molecule has 0 aliphatic carbocycles. The van der Waals surface area contributed by atoms with E-state index < -0.39 is 0 Å². The van der Waals surface area contributed by atoms with Crippen LogP contribution < -0.4 is 5.32 Å². The minimum atomic E-state index is -0.339. The highest BCUT2D eigenvalue weighted by molar-refractivity contribution is 7.11. The van der Waals surface area contributed by atoms with Crippen molar-refractivity contribution in [1.82, 2.24) is 10.3 Å². The molecule has 0 aromatic carbocycles. The van der Waals surface area contributed by atoms with E-state index in [0.717, 1.165) is 10.7 Å². The summed E-state index contributed by atoms with van der Waals surface area (Å²) in [5.74, 6) is -0.339. The van der Waals surface area contributed by atoms with Gasteiger partial charge in [0.2, 0.25) is 0 Å². The molecule has 1 aromatic heterocycles. The van der Waals surface area contributed by atoms with Gasteiger partial charge in [-0.2, -0.15) is 0 Å². The number of thiazole rings is 1. The number of nitrogens with one attached hydrogen (secondary N) is 1. The number of ether oxygens (including phenoxy) is 1. The Morgan fingerprint density at radius 1 is 1.56 bits per heavy atom. The van der Waals surface area contributed by atoms with Crippen molar-refractivity contribution >= 4 is 17.3 Å². The number of hydrogen-bond acceptors (Lipinski definition) is 5. The number of hydrogen-bond donors (Lipinski definition) is 1. The Hall–Kier alpha value is -1.20. The van der Waals surface area contributed by atoms with Gasteiger partial charge in [-0.3, -0.25) is 0 Å². The fourth-order valence-electron chi connectivity index (χ4n) is 1.62. The van der Waals surface area contributed by atoms with Crippen LogP contribution in [0.2, 0.25) is 0 Å². The molecular weight excluding hydrogens is 248 g/mol. The van der Waals surface area contributed by atoms with Crippen LogP contribution in [0.15, 0.2) is 12.2 Å². The molecule has 0 fully saturated rings. The number of aromatic nitrogens is 1. The van der Waals surface area contributed by atoms with Gasteiger partial charge in [0, 0.05) is 23.0 Å². The first kappa shape index (κ1) is 14.9. The van der Waals surface area contributed by atoms with E-state index in [0.29, 0.717) is 18.7 Å². The molecule has 0 saturated heterocycles. The van der Waals surface area contributed by atoms with Gasteiger partial charge in [0.15, 0.2) is 0 Å². The Labute approximate surface area is 112 Å². The maximum atomic E-state index is 11.4. The molecule has 1 atom stereocenters. The van der Waals surface area contributed by atoms with E-state index in [1.165, 1.54) is 4.88 Å². The lowest BCUT2D eigenvalue weighted by Gasteiger charge is -2.13. The summed E-state index contributed by atoms with van der Waals surface area (Å²) in [5, 5.41) is 4.32. The van der Waals surface area contributed by atoms with Gasteiger partial charge in [0.25, 0.3) is 0 Å². The quantitative estimate of drug-likeness (QED) is 0.636. The second-order valence-corrected chi connectivity index (χ2v) is 5.34. The van der Waals surface area contributed by atoms with Crippen LogP contribution >= 0.6 is 11.3 Å². The van der Waals surface area contributed by atoms with Crippen molar-refractivity contribution in [1.29, 1.82) is 0 Å². The highest BCUT2D eigenvalue weighted by atomic mass is 32.1. The van der Waals surface area contributed by atoms with E-state index in [1.807, 2.05) is 13.8 Å². The molecule has 0 radical (unpaired) electrons. The fraction of sp³-hybridized carbons (Fsp3) is 0.538. The second-order valence-electron chi connectivity index (χ2n) is 4.11. The van der Waals surface area contributed by atoms with Gasteiger partial charge in [-0.1, -0.05) is 6.58 Å². The van der Waals surface area contributed by atoms with E-state index in [2.05, 4.69) is 23.8 Å². The van der Waals surface area contributed by atoms with Crippen molar-refractivity contribution in [2.24, 2.45) is 0 Å². The summed E-state index contributed by atoms with van der Waals surface area (Å²) in [5.41, 5.74) is 1.49. The minimum Gasteiger partial charge on any atom is -0.463 e. The third-order valence-electron chi connectivity index (χ3n) is 2.52. The average Bonchev–Trinajstić information content (AvgIpc) is 2.65. The number of nitrogens with zero attached hydrogens (tertiary/aromatic N) is 1. The van der Waals surface area contributed by atoms with Gasteiger partial charge in [0.05, 0.1) is 17.3 Å². The van der Waals surface area contributed by atoms with Crippen molar-refractivity contribution in [3.63, 3.8) is 0 Å². The Morgan fingerprint density at radius 3 is 2.72 bits per heavy atom. The van der Waals surface area contributed by atoms with Crippen LogP contribution in [-0.4, -0.2) is 24.1 Å². The minimum absolute atomic E-state index is 0.155. The molecule has 1 rings (SSSR count). The molecule has 0 spiro atoms. The van der Waals surface area contributed by atoms with Crippen molar-refractivity contribution in [3.8, 4) is 0 Å². The van der Waals surface area contributed by atoms with Gasteiger partial charge in [-0.25, -0.2) is 9.78 Å². The summed E-state index contributed by atoms with van der Waals surface area (Å²) in [6.45, 7) is 12.3. The maximum absolute atomic E-state index is 11.4. The Balaban J connectivity index is 2.51. The summed E-state index contributed by atoms with van der Waals surface area (Å²) in [6, 6.07) is 0.155. The van der Waals surface area contributed by atoms with Gasteiger partial charge < -0.3 is 10.1 Å². The van der Waals surface area contributed by atoms with Gasteiger partial charge in [-0.15, -0.1) is 11.3 Å². The largest absolute Gasteiger partial charge is 0.463 e. The van der Waals surface area contributed by atoms with Gasteiger partial charge in [-0.05, 0) is 27.7 Å². The molecule has 0 amide bonds. The van der Waals surface area contributed by atoms with Crippen LogP contribution in [0.25, 0.3) is 0 Å². The summed E-state index contributed by atoms with van der Waals surface area (Å²) >= 11 is 1.67. The molecule has 1 unspecified atom stereocenters. The third kappa shape index (κ3) is 3.92.